The van der Waals surface area contributed by atoms with E-state index in [-0.39, 0.29) is 5.91 Å². The van der Waals surface area contributed by atoms with Gasteiger partial charge < -0.3 is 5.32 Å². The van der Waals surface area contributed by atoms with Gasteiger partial charge in [-0.1, -0.05) is 41.5 Å². The quantitative estimate of drug-likeness (QED) is 0.593. The van der Waals surface area contributed by atoms with E-state index in [1.807, 2.05) is 38.1 Å². The molecular weight excluding hydrogens is 370 g/mol. The number of pyridine rings is 2. The molecule has 0 radical (unpaired) electrons. The molecule has 0 saturated heterocycles. The summed E-state index contributed by atoms with van der Waals surface area (Å²) in [5, 5.41) is 4.53. The fourth-order valence-corrected chi connectivity index (χ4v) is 2.98. The monoisotopic (exact) mass is 391 g/mol. The third-order valence-corrected chi connectivity index (χ3v) is 4.88. The summed E-state index contributed by atoms with van der Waals surface area (Å²) >= 11 is 6.04. The Morgan fingerprint density at radius 3 is 2.79 bits per heavy atom. The first kappa shape index (κ1) is 19.8. The van der Waals surface area contributed by atoms with Gasteiger partial charge in [-0.3, -0.25) is 14.8 Å². The molecule has 2 heterocycles. The molecule has 5 heteroatoms. The predicted octanol–water partition coefficient (Wildman–Crippen LogP) is 5.13. The maximum absolute atomic E-state index is 12.5. The van der Waals surface area contributed by atoms with Crippen LogP contribution in [0.15, 0.2) is 72.6 Å². The second-order valence-electron chi connectivity index (χ2n) is 6.74. The molecule has 3 aromatic rings. The van der Waals surface area contributed by atoms with Crippen molar-refractivity contribution in [3.63, 3.8) is 0 Å². The van der Waals surface area contributed by atoms with Gasteiger partial charge in [-0.2, -0.15) is 0 Å². The first-order valence-corrected chi connectivity index (χ1v) is 9.40. The third-order valence-electron chi connectivity index (χ3n) is 4.67. The fourth-order valence-electron chi connectivity index (χ4n) is 2.82. The Balaban J connectivity index is 1.74. The molecule has 1 N–H and O–H groups in total. The van der Waals surface area contributed by atoms with Crippen LogP contribution in [0.1, 0.15) is 35.5 Å². The molecular formula is C23H22ClN3O. The number of carbonyl (C=O) groups is 1. The van der Waals surface area contributed by atoms with E-state index >= 15 is 0 Å². The zero-order valence-corrected chi connectivity index (χ0v) is 16.8. The van der Waals surface area contributed by atoms with Crippen molar-refractivity contribution in [1.29, 1.82) is 0 Å². The number of benzene rings is 1. The molecule has 1 amide bonds. The number of nitrogens with one attached hydrogen (secondary N) is 1. The lowest BCUT2D eigenvalue weighted by molar-refractivity contribution is 0.0956. The van der Waals surface area contributed by atoms with Crippen LogP contribution in [0.25, 0.3) is 10.9 Å². The van der Waals surface area contributed by atoms with Crippen molar-refractivity contribution >= 4 is 28.4 Å². The molecule has 0 aliphatic carbocycles. The predicted molar refractivity (Wildman–Crippen MR) is 115 cm³/mol. The lowest BCUT2D eigenvalue weighted by atomic mass is 10.0. The summed E-state index contributed by atoms with van der Waals surface area (Å²) in [5.74, 6) is -0.116. The van der Waals surface area contributed by atoms with Crippen LogP contribution < -0.4 is 5.32 Å². The molecule has 1 aromatic carbocycles. The number of fused-ring (bicyclic) bond motifs is 1. The molecule has 0 atom stereocenters. The Kier molecular flexibility index (Phi) is 6.22. The molecule has 4 nitrogen and oxygen atoms in total. The third kappa shape index (κ3) is 4.84. The number of carbonyl (C=O) groups excluding carboxylic acids is 1. The van der Waals surface area contributed by atoms with Gasteiger partial charge in [0.25, 0.3) is 5.91 Å². The van der Waals surface area contributed by atoms with E-state index in [1.54, 1.807) is 24.5 Å². The van der Waals surface area contributed by atoms with Gasteiger partial charge in [0.2, 0.25) is 0 Å². The lowest BCUT2D eigenvalue weighted by Crippen LogP contribution is -2.25. The SMILES string of the molecule is C=C/C(C)=C(\C)CNC(=O)c1ccnc(Cc2ccc3ncc(Cl)cc3c2)c1. The Morgan fingerprint density at radius 2 is 2.00 bits per heavy atom. The normalized spacial score (nSPS) is 11.8. The second kappa shape index (κ2) is 8.81. The van der Waals surface area contributed by atoms with Crippen LogP contribution in [0, 0.1) is 0 Å². The van der Waals surface area contributed by atoms with Crippen molar-refractivity contribution in [1.82, 2.24) is 15.3 Å². The molecule has 0 bridgehead atoms. The summed E-state index contributed by atoms with van der Waals surface area (Å²) < 4.78 is 0. The number of rotatable bonds is 6. The Bertz CT molecular complexity index is 1070. The average molecular weight is 392 g/mol. The first-order valence-electron chi connectivity index (χ1n) is 9.02. The van der Waals surface area contributed by atoms with Gasteiger partial charge in [-0.25, -0.2) is 0 Å². The number of hydrogen-bond donors (Lipinski definition) is 1. The van der Waals surface area contributed by atoms with E-state index in [0.29, 0.717) is 23.6 Å². The molecule has 2 aromatic heterocycles. The van der Waals surface area contributed by atoms with E-state index in [0.717, 1.165) is 33.3 Å². The van der Waals surface area contributed by atoms with Crippen molar-refractivity contribution in [3.05, 3.63) is 94.4 Å². The smallest absolute Gasteiger partial charge is 0.251 e. The molecule has 0 spiro atoms. The van der Waals surface area contributed by atoms with Gasteiger partial charge in [0, 0.05) is 42.0 Å². The minimum absolute atomic E-state index is 0.116. The lowest BCUT2D eigenvalue weighted by Gasteiger charge is -2.09. The van der Waals surface area contributed by atoms with Gasteiger partial charge >= 0.3 is 0 Å². The standard InChI is InChI=1S/C23H22ClN3O/c1-4-15(2)16(3)13-27-23(28)18-7-8-25-21(12-18)10-17-5-6-22-19(9-17)11-20(24)14-26-22/h4-9,11-12,14H,1,10,13H2,2-3H3,(H,27,28)/b16-15+. The zero-order chi connectivity index (χ0) is 20.1. The van der Waals surface area contributed by atoms with Crippen LogP contribution in [0.5, 0.6) is 0 Å². The van der Waals surface area contributed by atoms with Crippen LogP contribution in [0.4, 0.5) is 0 Å². The first-order chi connectivity index (χ1) is 13.5. The van der Waals surface area contributed by atoms with Crippen LogP contribution in [-0.2, 0) is 6.42 Å². The van der Waals surface area contributed by atoms with E-state index in [4.69, 9.17) is 11.6 Å². The number of amides is 1. The summed E-state index contributed by atoms with van der Waals surface area (Å²) in [6, 6.07) is 11.5. The molecule has 3 rings (SSSR count). The largest absolute Gasteiger partial charge is 0.348 e. The van der Waals surface area contributed by atoms with Crippen LogP contribution in [0.2, 0.25) is 5.02 Å². The van der Waals surface area contributed by atoms with E-state index in [2.05, 4.69) is 27.9 Å². The molecule has 142 valence electrons. The number of hydrogen-bond acceptors (Lipinski definition) is 3. The Hall–Kier alpha value is -2.98. The Morgan fingerprint density at radius 1 is 1.18 bits per heavy atom. The van der Waals surface area contributed by atoms with Crippen LogP contribution >= 0.6 is 11.6 Å². The summed E-state index contributed by atoms with van der Waals surface area (Å²) in [6.45, 7) is 8.20. The van der Waals surface area contributed by atoms with Crippen molar-refractivity contribution < 1.29 is 4.79 Å². The fraction of sp³-hybridized carbons (Fsp3) is 0.174. The maximum atomic E-state index is 12.5. The highest BCUT2D eigenvalue weighted by Crippen LogP contribution is 2.20. The number of nitrogens with zero attached hydrogens (tertiary/aromatic N) is 2. The van der Waals surface area contributed by atoms with Crippen LogP contribution in [0.3, 0.4) is 0 Å². The van der Waals surface area contributed by atoms with Crippen molar-refractivity contribution in [2.24, 2.45) is 0 Å². The van der Waals surface area contributed by atoms with Crippen molar-refractivity contribution in [3.8, 4) is 0 Å². The number of halogens is 1. The molecule has 0 saturated carbocycles. The second-order valence-corrected chi connectivity index (χ2v) is 7.18. The van der Waals surface area contributed by atoms with E-state index < -0.39 is 0 Å². The van der Waals surface area contributed by atoms with Crippen molar-refractivity contribution in [2.75, 3.05) is 6.54 Å². The minimum atomic E-state index is -0.116. The number of allylic oxidation sites excluding steroid dienone is 2. The van der Waals surface area contributed by atoms with Gasteiger partial charge in [0.15, 0.2) is 0 Å². The highest BCUT2D eigenvalue weighted by Gasteiger charge is 2.08. The molecule has 0 fully saturated rings. The van der Waals surface area contributed by atoms with E-state index in [1.165, 1.54) is 0 Å². The van der Waals surface area contributed by atoms with Gasteiger partial charge in [0.1, 0.15) is 0 Å². The van der Waals surface area contributed by atoms with Gasteiger partial charge in [0.05, 0.1) is 10.5 Å². The van der Waals surface area contributed by atoms with Crippen LogP contribution in [-0.4, -0.2) is 22.4 Å². The van der Waals surface area contributed by atoms with Crippen molar-refractivity contribution in [2.45, 2.75) is 20.3 Å². The summed E-state index contributed by atoms with van der Waals surface area (Å²) in [6.07, 6.45) is 5.72. The van der Waals surface area contributed by atoms with Gasteiger partial charge in [-0.15, -0.1) is 0 Å². The minimum Gasteiger partial charge on any atom is -0.348 e. The highest BCUT2D eigenvalue weighted by atomic mass is 35.5. The summed E-state index contributed by atoms with van der Waals surface area (Å²) in [7, 11) is 0. The zero-order valence-electron chi connectivity index (χ0n) is 16.0. The van der Waals surface area contributed by atoms with Gasteiger partial charge in [-0.05, 0) is 49.7 Å². The Labute approximate surface area is 170 Å². The molecule has 0 aliphatic rings. The number of aromatic nitrogens is 2. The molecule has 28 heavy (non-hydrogen) atoms. The summed E-state index contributed by atoms with van der Waals surface area (Å²) in [5.41, 5.74) is 5.56. The van der Waals surface area contributed by atoms with E-state index in [9.17, 15) is 4.79 Å². The molecule has 0 aliphatic heterocycles. The highest BCUT2D eigenvalue weighted by molar-refractivity contribution is 6.31. The summed E-state index contributed by atoms with van der Waals surface area (Å²) in [4.78, 5) is 21.2. The molecule has 0 unspecified atom stereocenters. The maximum Gasteiger partial charge on any atom is 0.251 e. The average Bonchev–Trinajstić information content (AvgIpc) is 2.71. The topological polar surface area (TPSA) is 54.9 Å².